The topological polar surface area (TPSA) is 55.6 Å². The second-order valence-electron chi connectivity index (χ2n) is 4.03. The summed E-state index contributed by atoms with van der Waals surface area (Å²) < 4.78 is 5.05. The third-order valence-corrected chi connectivity index (χ3v) is 2.77. The maximum atomic E-state index is 11.2. The van der Waals surface area contributed by atoms with Crippen molar-refractivity contribution < 1.29 is 9.53 Å². The summed E-state index contributed by atoms with van der Waals surface area (Å²) in [5.41, 5.74) is 6.50. The molecule has 0 aromatic heterocycles. The molecule has 0 aliphatic heterocycles. The van der Waals surface area contributed by atoms with Gasteiger partial charge in [0.2, 0.25) is 5.91 Å². The Balaban J connectivity index is 2.66. The number of hydrogen-bond donors (Lipinski definition) is 1. The van der Waals surface area contributed by atoms with Crippen LogP contribution in [-0.2, 0) is 16.1 Å². The Labute approximate surface area is 102 Å². The molecule has 0 fully saturated rings. The van der Waals surface area contributed by atoms with Crippen LogP contribution in [0.1, 0.15) is 12.5 Å². The Morgan fingerprint density at radius 1 is 1.41 bits per heavy atom. The van der Waals surface area contributed by atoms with Crippen LogP contribution in [0.5, 0.6) is 0 Å². The number of ether oxygens (including phenoxy) is 1. The molecule has 1 aromatic carbocycles. The minimum Gasteiger partial charge on any atom is -0.383 e. The lowest BCUT2D eigenvalue weighted by Crippen LogP contribution is -2.43. The van der Waals surface area contributed by atoms with E-state index in [1.165, 1.54) is 0 Å². The molecule has 94 valence electrons. The predicted octanol–water partition coefficient (Wildman–Crippen LogP) is 1.01. The van der Waals surface area contributed by atoms with Gasteiger partial charge in [-0.05, 0) is 12.5 Å². The highest BCUT2D eigenvalue weighted by molar-refractivity contribution is 5.79. The maximum Gasteiger partial charge on any atom is 0.234 e. The highest BCUT2D eigenvalue weighted by atomic mass is 16.5. The van der Waals surface area contributed by atoms with E-state index in [-0.39, 0.29) is 11.9 Å². The van der Waals surface area contributed by atoms with Crippen LogP contribution in [0.2, 0.25) is 0 Å². The zero-order valence-electron chi connectivity index (χ0n) is 10.4. The van der Waals surface area contributed by atoms with E-state index >= 15 is 0 Å². The van der Waals surface area contributed by atoms with Crippen LogP contribution in [0.15, 0.2) is 30.3 Å². The molecule has 0 aliphatic carbocycles. The maximum absolute atomic E-state index is 11.2. The first kappa shape index (κ1) is 13.7. The van der Waals surface area contributed by atoms with Crippen molar-refractivity contribution in [3.05, 3.63) is 35.9 Å². The first-order valence-corrected chi connectivity index (χ1v) is 5.71. The van der Waals surface area contributed by atoms with Gasteiger partial charge in [-0.2, -0.15) is 0 Å². The zero-order valence-corrected chi connectivity index (χ0v) is 10.4. The molecule has 0 radical (unpaired) electrons. The van der Waals surface area contributed by atoms with Gasteiger partial charge in [-0.3, -0.25) is 9.69 Å². The van der Waals surface area contributed by atoms with Gasteiger partial charge >= 0.3 is 0 Å². The van der Waals surface area contributed by atoms with Crippen molar-refractivity contribution in [1.82, 2.24) is 4.90 Å². The standard InChI is InChI=1S/C13H20N2O2/c1-11(13(14)16)15(8-9-17-2)10-12-6-4-3-5-7-12/h3-7,11H,8-10H2,1-2H3,(H2,14,16). The lowest BCUT2D eigenvalue weighted by atomic mass is 10.2. The Hall–Kier alpha value is -1.39. The van der Waals surface area contributed by atoms with Gasteiger partial charge in [0.25, 0.3) is 0 Å². The summed E-state index contributed by atoms with van der Waals surface area (Å²) >= 11 is 0. The molecule has 1 rings (SSSR count). The van der Waals surface area contributed by atoms with Crippen LogP contribution >= 0.6 is 0 Å². The van der Waals surface area contributed by atoms with Gasteiger partial charge in [0.15, 0.2) is 0 Å². The van der Waals surface area contributed by atoms with Crippen LogP contribution < -0.4 is 5.73 Å². The van der Waals surface area contributed by atoms with E-state index in [2.05, 4.69) is 0 Å². The van der Waals surface area contributed by atoms with Crippen molar-refractivity contribution in [2.24, 2.45) is 5.73 Å². The minimum atomic E-state index is -0.308. The summed E-state index contributed by atoms with van der Waals surface area (Å²) in [4.78, 5) is 13.2. The molecule has 4 nitrogen and oxygen atoms in total. The molecule has 0 aliphatic rings. The summed E-state index contributed by atoms with van der Waals surface area (Å²) in [6.07, 6.45) is 0. The van der Waals surface area contributed by atoms with E-state index in [0.29, 0.717) is 19.7 Å². The van der Waals surface area contributed by atoms with Gasteiger partial charge in [0.1, 0.15) is 0 Å². The molecule has 17 heavy (non-hydrogen) atoms. The summed E-state index contributed by atoms with van der Waals surface area (Å²) in [5, 5.41) is 0. The number of rotatable bonds is 7. The van der Waals surface area contributed by atoms with Crippen molar-refractivity contribution in [1.29, 1.82) is 0 Å². The number of amides is 1. The number of benzene rings is 1. The SMILES string of the molecule is COCCN(Cc1ccccc1)C(C)C(N)=O. The van der Waals surface area contributed by atoms with Crippen LogP contribution in [0.3, 0.4) is 0 Å². The summed E-state index contributed by atoms with van der Waals surface area (Å²) in [6.45, 7) is 3.80. The number of carbonyl (C=O) groups is 1. The Morgan fingerprint density at radius 2 is 2.06 bits per heavy atom. The number of methoxy groups -OCH3 is 1. The van der Waals surface area contributed by atoms with Crippen molar-refractivity contribution in [3.63, 3.8) is 0 Å². The van der Waals surface area contributed by atoms with Crippen LogP contribution in [0.4, 0.5) is 0 Å². The number of nitrogens with zero attached hydrogens (tertiary/aromatic N) is 1. The molecule has 0 saturated carbocycles. The first-order valence-electron chi connectivity index (χ1n) is 5.71. The van der Waals surface area contributed by atoms with Gasteiger partial charge in [-0.15, -0.1) is 0 Å². The summed E-state index contributed by atoms with van der Waals surface area (Å²) in [5.74, 6) is -0.308. The van der Waals surface area contributed by atoms with Gasteiger partial charge in [0, 0.05) is 20.2 Å². The number of nitrogens with two attached hydrogens (primary N) is 1. The van der Waals surface area contributed by atoms with Crippen molar-refractivity contribution in [3.8, 4) is 0 Å². The first-order chi connectivity index (χ1) is 8.15. The van der Waals surface area contributed by atoms with Crippen molar-refractivity contribution in [2.75, 3.05) is 20.3 Å². The molecule has 1 atom stereocenters. The fourth-order valence-electron chi connectivity index (χ4n) is 1.62. The van der Waals surface area contributed by atoms with E-state index in [1.807, 2.05) is 42.2 Å². The Morgan fingerprint density at radius 3 is 2.59 bits per heavy atom. The molecule has 0 bridgehead atoms. The van der Waals surface area contributed by atoms with E-state index < -0.39 is 0 Å². The third kappa shape index (κ3) is 4.54. The number of hydrogen-bond acceptors (Lipinski definition) is 3. The van der Waals surface area contributed by atoms with Crippen molar-refractivity contribution in [2.45, 2.75) is 19.5 Å². The molecule has 0 heterocycles. The summed E-state index contributed by atoms with van der Waals surface area (Å²) in [7, 11) is 1.65. The smallest absolute Gasteiger partial charge is 0.234 e. The van der Waals surface area contributed by atoms with Crippen LogP contribution in [0, 0.1) is 0 Å². The fourth-order valence-corrected chi connectivity index (χ4v) is 1.62. The average molecular weight is 236 g/mol. The van der Waals surface area contributed by atoms with Gasteiger partial charge < -0.3 is 10.5 Å². The lowest BCUT2D eigenvalue weighted by molar-refractivity contribution is -0.123. The lowest BCUT2D eigenvalue weighted by Gasteiger charge is -2.26. The quantitative estimate of drug-likeness (QED) is 0.768. The van der Waals surface area contributed by atoms with Crippen LogP contribution in [-0.4, -0.2) is 37.1 Å². The molecular weight excluding hydrogens is 216 g/mol. The number of carbonyl (C=O) groups excluding carboxylic acids is 1. The normalized spacial score (nSPS) is 12.6. The molecule has 1 amide bonds. The largest absolute Gasteiger partial charge is 0.383 e. The highest BCUT2D eigenvalue weighted by Gasteiger charge is 2.18. The highest BCUT2D eigenvalue weighted by Crippen LogP contribution is 2.07. The second kappa shape index (κ2) is 7.04. The zero-order chi connectivity index (χ0) is 12.7. The van der Waals surface area contributed by atoms with Gasteiger partial charge in [-0.25, -0.2) is 0 Å². The summed E-state index contributed by atoms with van der Waals surface area (Å²) in [6, 6.07) is 9.73. The molecular formula is C13H20N2O2. The third-order valence-electron chi connectivity index (χ3n) is 2.77. The fraction of sp³-hybridized carbons (Fsp3) is 0.462. The van der Waals surface area contributed by atoms with Gasteiger partial charge in [-0.1, -0.05) is 30.3 Å². The average Bonchev–Trinajstić information content (AvgIpc) is 2.34. The van der Waals surface area contributed by atoms with Crippen molar-refractivity contribution >= 4 is 5.91 Å². The van der Waals surface area contributed by atoms with E-state index in [0.717, 1.165) is 5.56 Å². The molecule has 1 aromatic rings. The monoisotopic (exact) mass is 236 g/mol. The number of primary amides is 1. The molecule has 0 spiro atoms. The van der Waals surface area contributed by atoms with E-state index in [1.54, 1.807) is 7.11 Å². The second-order valence-corrected chi connectivity index (χ2v) is 4.03. The Bertz CT molecular complexity index is 341. The molecule has 1 unspecified atom stereocenters. The van der Waals surface area contributed by atoms with Crippen LogP contribution in [0.25, 0.3) is 0 Å². The molecule has 4 heteroatoms. The van der Waals surface area contributed by atoms with Gasteiger partial charge in [0.05, 0.1) is 12.6 Å². The molecule has 2 N–H and O–H groups in total. The molecule has 0 saturated heterocycles. The predicted molar refractivity (Wildman–Crippen MR) is 67.4 cm³/mol. The Kier molecular flexibility index (Phi) is 5.66. The van der Waals surface area contributed by atoms with E-state index in [9.17, 15) is 4.79 Å². The minimum absolute atomic E-state index is 0.287. The van der Waals surface area contributed by atoms with E-state index in [4.69, 9.17) is 10.5 Å².